The standard InChI is InChI=1S/C37H26N3O.C21H28GeN.Ir/c1-23-10-8-11-24(2)33(23)31-21-19-29-28-16-9-17-30(35(28)41-37(29)39-31)36-38-32-20-18-26-14-6-7-15-27(26)34(32)40(36)22-25-12-4-3-5-13-25;1-22(2,3)20-16-23-21(18-12-8-5-9-13-18)15-19(20)14-17-10-6-4-7-11-17;/h3-16,18-21H,22H2,1-2H3;5,8-9,12,15-17H,4,6-7,10-11,14H2,1-3H3;/q2*-1;. The molecule has 1 aliphatic rings. The Hall–Kier alpha value is -5.66. The second-order valence-corrected chi connectivity index (χ2v) is 29.2. The van der Waals surface area contributed by atoms with Crippen molar-refractivity contribution in [3.05, 3.63) is 180 Å². The van der Waals surface area contributed by atoms with Crippen molar-refractivity contribution in [2.45, 2.75) is 76.2 Å². The van der Waals surface area contributed by atoms with E-state index in [1.165, 1.54) is 66.0 Å². The van der Waals surface area contributed by atoms with E-state index in [-0.39, 0.29) is 20.1 Å². The molecule has 0 N–H and O–H groups in total. The van der Waals surface area contributed by atoms with Crippen molar-refractivity contribution in [2.75, 3.05) is 0 Å². The van der Waals surface area contributed by atoms with Crippen molar-refractivity contribution in [2.24, 2.45) is 5.92 Å². The Morgan fingerprint density at radius 3 is 2.23 bits per heavy atom. The zero-order valence-corrected chi connectivity index (χ0v) is 42.4. The maximum Gasteiger partial charge on any atom is 0 e. The second-order valence-electron chi connectivity index (χ2n) is 18.6. The summed E-state index contributed by atoms with van der Waals surface area (Å²) in [6.45, 7) is 4.93. The summed E-state index contributed by atoms with van der Waals surface area (Å²) in [6, 6.07) is 55.2. The molecule has 0 bridgehead atoms. The van der Waals surface area contributed by atoms with Crippen molar-refractivity contribution in [3.63, 3.8) is 0 Å². The van der Waals surface area contributed by atoms with Gasteiger partial charge in [0.2, 0.25) is 5.71 Å². The quantitative estimate of drug-likeness (QED) is 0.112. The van der Waals surface area contributed by atoms with Crippen LogP contribution < -0.4 is 4.40 Å². The van der Waals surface area contributed by atoms with Crippen LogP contribution in [0.15, 0.2) is 150 Å². The van der Waals surface area contributed by atoms with E-state index in [1.807, 2.05) is 18.2 Å². The Kier molecular flexibility index (Phi) is 13.1. The van der Waals surface area contributed by atoms with Crippen LogP contribution in [0.3, 0.4) is 0 Å². The molecule has 10 aromatic rings. The van der Waals surface area contributed by atoms with Gasteiger partial charge in [-0.1, -0.05) is 89.8 Å². The molecule has 0 unspecified atom stereocenters. The van der Waals surface area contributed by atoms with E-state index in [4.69, 9.17) is 19.4 Å². The summed E-state index contributed by atoms with van der Waals surface area (Å²) in [5, 5.41) is 4.37. The third kappa shape index (κ3) is 9.14. The monoisotopic (exact) mass is 1090 g/mol. The number of benzene rings is 6. The molecule has 4 heterocycles. The summed E-state index contributed by atoms with van der Waals surface area (Å²) < 4.78 is 10.5. The molecule has 0 saturated heterocycles. The number of furan rings is 1. The van der Waals surface area contributed by atoms with Gasteiger partial charge in [-0.25, -0.2) is 4.98 Å². The summed E-state index contributed by atoms with van der Waals surface area (Å²) in [7, 11) is 0. The van der Waals surface area contributed by atoms with Crippen LogP contribution >= 0.6 is 0 Å². The molecular formula is C58H54GeIrN4O-2. The average Bonchev–Trinajstić information content (AvgIpc) is 3.88. The van der Waals surface area contributed by atoms with E-state index in [9.17, 15) is 0 Å². The van der Waals surface area contributed by atoms with Crippen LogP contribution in [0.4, 0.5) is 0 Å². The van der Waals surface area contributed by atoms with Crippen molar-refractivity contribution in [3.8, 4) is 33.9 Å². The largest absolute Gasteiger partial charge is 0 e. The first-order valence-electron chi connectivity index (χ1n) is 22.9. The first-order chi connectivity index (χ1) is 31.2. The number of pyridine rings is 2. The molecule has 0 atom stereocenters. The number of aryl methyl sites for hydroxylation is 2. The van der Waals surface area contributed by atoms with Crippen LogP contribution in [0.2, 0.25) is 17.3 Å². The van der Waals surface area contributed by atoms with Gasteiger partial charge in [0, 0.05) is 43.0 Å². The number of hydrogen-bond acceptors (Lipinski definition) is 4. The minimum Gasteiger partial charge on any atom is 0 e. The second kappa shape index (κ2) is 19.1. The SMILES string of the molecule is Cc1cccc(C)c1-c1ccc2c(n1)oc1c(-c3nc4ccc5ccccc5c4n3Cc3ccccc3)[c-]ccc12.[CH3][Ge]([CH3])([CH3])[c]1cnc(-c2[c-]cccc2)cc1CC1CCCCC1.[Ir]. The first-order valence-corrected chi connectivity index (χ1v) is 30.2. The number of imidazole rings is 1. The van der Waals surface area contributed by atoms with Gasteiger partial charge in [-0.2, -0.15) is 0 Å². The fraction of sp³-hybridized carbons (Fsp3) is 0.224. The zero-order valence-electron chi connectivity index (χ0n) is 37.9. The van der Waals surface area contributed by atoms with Gasteiger partial charge in [-0.05, 0) is 54.1 Å². The molecule has 1 aliphatic carbocycles. The van der Waals surface area contributed by atoms with Gasteiger partial charge in [-0.3, -0.25) is 4.98 Å². The molecule has 4 aromatic heterocycles. The van der Waals surface area contributed by atoms with Gasteiger partial charge in [0.05, 0.1) is 28.1 Å². The van der Waals surface area contributed by atoms with E-state index < -0.39 is 13.3 Å². The Bertz CT molecular complexity index is 3250. The van der Waals surface area contributed by atoms with E-state index >= 15 is 0 Å². The molecule has 11 rings (SSSR count). The fourth-order valence-corrected chi connectivity index (χ4v) is 13.2. The number of aromatic nitrogens is 4. The molecule has 5 nitrogen and oxygen atoms in total. The third-order valence-corrected chi connectivity index (χ3v) is 17.4. The molecule has 7 heteroatoms. The van der Waals surface area contributed by atoms with E-state index in [1.54, 1.807) is 9.96 Å². The minimum absolute atomic E-state index is 0. The van der Waals surface area contributed by atoms with Crippen LogP contribution in [0.1, 0.15) is 54.4 Å². The van der Waals surface area contributed by atoms with Gasteiger partial charge >= 0.3 is 144 Å². The van der Waals surface area contributed by atoms with Gasteiger partial charge < -0.3 is 8.98 Å². The van der Waals surface area contributed by atoms with Gasteiger partial charge in [0.1, 0.15) is 0 Å². The van der Waals surface area contributed by atoms with Crippen molar-refractivity contribution >= 4 is 61.5 Å². The maximum absolute atomic E-state index is 6.57. The Labute approximate surface area is 399 Å². The Morgan fingerprint density at radius 2 is 1.46 bits per heavy atom. The van der Waals surface area contributed by atoms with E-state index in [2.05, 4.69) is 175 Å². The number of nitrogens with zero attached hydrogens (tertiary/aromatic N) is 4. The zero-order chi connectivity index (χ0) is 43.8. The number of rotatable bonds is 8. The van der Waals surface area contributed by atoms with Gasteiger partial charge in [0.15, 0.2) is 0 Å². The molecular weight excluding hydrogens is 1030 g/mol. The third-order valence-electron chi connectivity index (χ3n) is 13.1. The first kappa shape index (κ1) is 44.5. The van der Waals surface area contributed by atoms with Gasteiger partial charge in [-0.15, -0.1) is 18.2 Å². The molecule has 327 valence electrons. The fourth-order valence-electron chi connectivity index (χ4n) is 9.90. The molecule has 1 radical (unpaired) electrons. The summed E-state index contributed by atoms with van der Waals surface area (Å²) in [6.07, 6.45) is 10.5. The van der Waals surface area contributed by atoms with Crippen LogP contribution in [-0.4, -0.2) is 32.8 Å². The summed E-state index contributed by atoms with van der Waals surface area (Å²) in [5.41, 5.74) is 13.7. The van der Waals surface area contributed by atoms with Crippen molar-refractivity contribution in [1.29, 1.82) is 0 Å². The predicted octanol–water partition coefficient (Wildman–Crippen LogP) is 14.5. The normalized spacial score (nSPS) is 13.2. The van der Waals surface area contributed by atoms with E-state index in [0.29, 0.717) is 12.3 Å². The van der Waals surface area contributed by atoms with Gasteiger partial charge in [0.25, 0.3) is 0 Å². The van der Waals surface area contributed by atoms with Crippen LogP contribution in [0, 0.1) is 31.9 Å². The number of hydrogen-bond donors (Lipinski definition) is 0. The maximum atomic E-state index is 6.57. The van der Waals surface area contributed by atoms with Crippen LogP contribution in [0.25, 0.3) is 77.8 Å². The molecule has 1 saturated carbocycles. The molecule has 0 spiro atoms. The topological polar surface area (TPSA) is 56.7 Å². The molecule has 0 amide bonds. The van der Waals surface area contributed by atoms with Crippen LogP contribution in [-0.2, 0) is 33.1 Å². The summed E-state index contributed by atoms with van der Waals surface area (Å²) >= 11 is -1.89. The van der Waals surface area contributed by atoms with Crippen molar-refractivity contribution in [1.82, 2.24) is 19.5 Å². The number of fused-ring (bicyclic) bond motifs is 6. The summed E-state index contributed by atoms with van der Waals surface area (Å²) in [4.78, 5) is 15.0. The predicted molar refractivity (Wildman–Crippen MR) is 269 cm³/mol. The van der Waals surface area contributed by atoms with Crippen LogP contribution in [0.5, 0.6) is 0 Å². The smallest absolute Gasteiger partial charge is 0 e. The Balaban J connectivity index is 0.000000189. The molecule has 0 aliphatic heterocycles. The van der Waals surface area contributed by atoms with Crippen molar-refractivity contribution < 1.29 is 24.5 Å². The molecule has 65 heavy (non-hydrogen) atoms. The average molecular weight is 1090 g/mol. The van der Waals surface area contributed by atoms with E-state index in [0.717, 1.165) is 67.2 Å². The molecule has 1 fully saturated rings. The Morgan fingerprint density at radius 1 is 0.692 bits per heavy atom. The molecule has 6 aromatic carbocycles. The minimum atomic E-state index is -1.89. The summed E-state index contributed by atoms with van der Waals surface area (Å²) in [5.74, 6) is 9.16.